The van der Waals surface area contributed by atoms with E-state index >= 15 is 0 Å². The van der Waals surface area contributed by atoms with Crippen LogP contribution in [-0.2, 0) is 10.1 Å². The molecule has 4 nitrogen and oxygen atoms in total. The molecule has 208 valence electrons. The zero-order valence-electron chi connectivity index (χ0n) is 17.8. The third-order valence-corrected chi connectivity index (χ3v) is 6.12. The highest BCUT2D eigenvalue weighted by Gasteiger charge is 2.92. The molecule has 0 aromatic carbocycles. The fourth-order valence-corrected chi connectivity index (χ4v) is 2.86. The van der Waals surface area contributed by atoms with Gasteiger partial charge in [0.1, 0.15) is 0 Å². The van der Waals surface area contributed by atoms with Crippen LogP contribution in [-0.4, -0.2) is 84.9 Å². The van der Waals surface area contributed by atoms with Crippen LogP contribution in [0.15, 0.2) is 0 Å². The lowest BCUT2D eigenvalue weighted by atomic mass is 9.94. The smallest absolute Gasteiger partial charge is 0.402 e. The van der Waals surface area contributed by atoms with Crippen molar-refractivity contribution in [2.75, 3.05) is 26.2 Å². The largest absolute Gasteiger partial charge is 0.743 e. The van der Waals surface area contributed by atoms with Gasteiger partial charge in [-0.2, -0.15) is 52.7 Å². The molecule has 0 atom stereocenters. The number of halogens is 14. The summed E-state index contributed by atoms with van der Waals surface area (Å²) in [7, 11) is -7.93. The average Bonchev–Trinajstić information content (AvgIpc) is 2.68. The van der Waals surface area contributed by atoms with Crippen molar-refractivity contribution >= 4 is 10.1 Å². The minimum absolute atomic E-state index is 1.28. The maximum absolute atomic E-state index is 12.9. The van der Waals surface area contributed by atoms with Gasteiger partial charge in [0.05, 0.1) is 26.2 Å². The molecule has 0 aromatic rings. The molecule has 0 saturated carbocycles. The number of hydrogen-bond acceptors (Lipinski definition) is 3. The summed E-state index contributed by atoms with van der Waals surface area (Å²) < 4.78 is 206. The van der Waals surface area contributed by atoms with Crippen LogP contribution in [0.1, 0.15) is 27.7 Å². The second-order valence-electron chi connectivity index (χ2n) is 6.80. The van der Waals surface area contributed by atoms with Crippen molar-refractivity contribution in [3.8, 4) is 0 Å². The van der Waals surface area contributed by atoms with Gasteiger partial charge in [0.25, 0.3) is 0 Å². The second kappa shape index (κ2) is 10.5. The van der Waals surface area contributed by atoms with E-state index in [0.29, 0.717) is 0 Å². The summed E-state index contributed by atoms with van der Waals surface area (Å²) in [4.78, 5) is 0. The Balaban J connectivity index is 0. The van der Waals surface area contributed by atoms with Gasteiger partial charge in [-0.15, -0.1) is 0 Å². The highest BCUT2D eigenvalue weighted by atomic mass is 32.2. The maximum Gasteiger partial charge on any atom is 0.402 e. The van der Waals surface area contributed by atoms with Gasteiger partial charge in [0.2, 0.25) is 0 Å². The van der Waals surface area contributed by atoms with Crippen molar-refractivity contribution < 1.29 is 78.9 Å². The van der Waals surface area contributed by atoms with Gasteiger partial charge in [-0.05, 0) is 27.7 Å². The number of rotatable bonds is 11. The first kappa shape index (κ1) is 35.1. The number of quaternary nitrogens is 1. The average molecular weight is 561 g/mol. The molecule has 0 spiro atoms. The first-order chi connectivity index (χ1) is 14.7. The first-order valence-corrected chi connectivity index (χ1v) is 10.4. The summed E-state index contributed by atoms with van der Waals surface area (Å²) in [5.41, 5.74) is 0. The van der Waals surface area contributed by atoms with Crippen molar-refractivity contribution in [1.29, 1.82) is 0 Å². The molecule has 0 bridgehead atoms. The Hall–Kier alpha value is -1.11. The highest BCUT2D eigenvalue weighted by Crippen LogP contribution is 2.61. The van der Waals surface area contributed by atoms with Crippen molar-refractivity contribution in [3.05, 3.63) is 0 Å². The molecule has 0 aromatic heterocycles. The molecule has 0 heterocycles. The third-order valence-electron chi connectivity index (χ3n) is 5.24. The Morgan fingerprint density at radius 3 is 1.06 bits per heavy atom. The van der Waals surface area contributed by atoms with Crippen molar-refractivity contribution in [2.45, 2.75) is 69.0 Å². The van der Waals surface area contributed by atoms with Gasteiger partial charge in [0.15, 0.2) is 10.1 Å². The Bertz CT molecular complexity index is 749. The standard InChI is InChI=1S/C8H20N.C7H2F14O3S/c1-5-9(6-2,7-3)8-4;8-1(9)2(10,11)3(12,13)4(14,15)5(16,17)6(18,19)7(20,21)25(22,23)24/h5-8H2,1-4H3;1H,(H,22,23,24)/q+1;/p-1. The van der Waals surface area contributed by atoms with Crippen LogP contribution >= 0.6 is 0 Å². The lowest BCUT2D eigenvalue weighted by Gasteiger charge is -2.41. The van der Waals surface area contributed by atoms with E-state index in [2.05, 4.69) is 27.7 Å². The lowest BCUT2D eigenvalue weighted by molar-refractivity contribution is -0.921. The molecular formula is C15H21F14NO3S. The van der Waals surface area contributed by atoms with Crippen LogP contribution < -0.4 is 0 Å². The molecular weight excluding hydrogens is 540 g/mol. The van der Waals surface area contributed by atoms with E-state index < -0.39 is 51.4 Å². The van der Waals surface area contributed by atoms with E-state index in [1.807, 2.05) is 0 Å². The molecule has 0 unspecified atom stereocenters. The molecule has 0 rings (SSSR count). The Morgan fingerprint density at radius 1 is 0.618 bits per heavy atom. The monoisotopic (exact) mass is 561 g/mol. The van der Waals surface area contributed by atoms with E-state index in [9.17, 15) is 74.4 Å². The van der Waals surface area contributed by atoms with Gasteiger partial charge in [-0.3, -0.25) is 0 Å². The summed E-state index contributed by atoms with van der Waals surface area (Å²) >= 11 is 0. The van der Waals surface area contributed by atoms with E-state index in [4.69, 9.17) is 0 Å². The molecule has 34 heavy (non-hydrogen) atoms. The molecule has 0 fully saturated rings. The molecule has 0 aliphatic rings. The normalized spacial score (nSPS) is 15.3. The number of alkyl halides is 14. The van der Waals surface area contributed by atoms with Crippen molar-refractivity contribution in [2.24, 2.45) is 0 Å². The quantitative estimate of drug-likeness (QED) is 0.192. The van der Waals surface area contributed by atoms with E-state index in [-0.39, 0.29) is 0 Å². The fourth-order valence-electron chi connectivity index (χ4n) is 2.42. The van der Waals surface area contributed by atoms with Crippen molar-refractivity contribution in [3.63, 3.8) is 0 Å². The molecule has 0 amide bonds. The number of nitrogens with zero attached hydrogens (tertiary/aromatic N) is 1. The molecule has 0 N–H and O–H groups in total. The maximum atomic E-state index is 12.9. The topological polar surface area (TPSA) is 57.2 Å². The third kappa shape index (κ3) is 5.49. The van der Waals surface area contributed by atoms with Gasteiger partial charge in [-0.1, -0.05) is 0 Å². The summed E-state index contributed by atoms with van der Waals surface area (Å²) in [6.45, 7) is 14.2. The number of hydrogen-bond donors (Lipinski definition) is 0. The molecule has 19 heteroatoms. The van der Waals surface area contributed by atoms with Crippen LogP contribution in [0, 0.1) is 0 Å². The summed E-state index contributed by atoms with van der Waals surface area (Å²) in [6, 6.07) is 0. The predicted octanol–water partition coefficient (Wildman–Crippen LogP) is 5.45. The predicted molar refractivity (Wildman–Crippen MR) is 87.8 cm³/mol. The molecule has 0 aliphatic carbocycles. The fraction of sp³-hybridized carbons (Fsp3) is 1.00. The Kier molecular flexibility index (Phi) is 10.8. The summed E-state index contributed by atoms with van der Waals surface area (Å²) in [6.07, 6.45) is -5.86. The minimum Gasteiger partial charge on any atom is -0.743 e. The minimum atomic E-state index is -8.40. The lowest BCUT2D eigenvalue weighted by Crippen LogP contribution is -2.72. The molecule has 0 saturated heterocycles. The van der Waals surface area contributed by atoms with Gasteiger partial charge < -0.3 is 9.04 Å². The van der Waals surface area contributed by atoms with E-state index in [1.54, 1.807) is 0 Å². The zero-order valence-corrected chi connectivity index (χ0v) is 18.6. The van der Waals surface area contributed by atoms with Gasteiger partial charge in [0, 0.05) is 0 Å². The molecule has 0 radical (unpaired) electrons. The van der Waals surface area contributed by atoms with Crippen LogP contribution in [0.25, 0.3) is 0 Å². The van der Waals surface area contributed by atoms with Gasteiger partial charge >= 0.3 is 41.3 Å². The SMILES string of the molecule is CC[N+](CC)(CC)CC.O=S(=O)([O-])C(F)(F)C(F)(F)C(F)(F)C(F)(F)C(F)(F)C(F)(F)C(F)F. The highest BCUT2D eigenvalue weighted by molar-refractivity contribution is 7.86. The molecule has 0 aliphatic heterocycles. The Labute approximate surface area is 185 Å². The zero-order chi connectivity index (χ0) is 28.4. The van der Waals surface area contributed by atoms with Crippen LogP contribution in [0.4, 0.5) is 61.5 Å². The van der Waals surface area contributed by atoms with Crippen LogP contribution in [0.2, 0.25) is 0 Å². The van der Waals surface area contributed by atoms with Crippen LogP contribution in [0.5, 0.6) is 0 Å². The van der Waals surface area contributed by atoms with E-state index in [0.717, 1.165) is 0 Å². The summed E-state index contributed by atoms with van der Waals surface area (Å²) in [5, 5.41) is -7.71. The van der Waals surface area contributed by atoms with Crippen LogP contribution in [0.3, 0.4) is 0 Å². The summed E-state index contributed by atoms with van der Waals surface area (Å²) in [5.74, 6) is -40.5. The van der Waals surface area contributed by atoms with E-state index in [1.165, 1.54) is 30.7 Å². The second-order valence-corrected chi connectivity index (χ2v) is 8.22. The first-order valence-electron chi connectivity index (χ1n) is 9.04. The van der Waals surface area contributed by atoms with Crippen molar-refractivity contribution in [1.82, 2.24) is 0 Å². The Morgan fingerprint density at radius 2 is 0.882 bits per heavy atom. The van der Waals surface area contributed by atoms with Gasteiger partial charge in [-0.25, -0.2) is 17.2 Å².